The van der Waals surface area contributed by atoms with Gasteiger partial charge < -0.3 is 5.73 Å². The standard InChI is InChI=1S/C14H19F3N2/c1-9-2-3-19(8-11(9)6-18)7-10-4-13(16)14(17)5-12(10)15/h4-5,9,11H,2-3,6-8,18H2,1H3. The molecule has 19 heavy (non-hydrogen) atoms. The van der Waals surface area contributed by atoms with E-state index in [0.717, 1.165) is 25.6 Å². The molecule has 106 valence electrons. The van der Waals surface area contributed by atoms with Crippen LogP contribution in [0.5, 0.6) is 0 Å². The molecule has 0 aromatic heterocycles. The van der Waals surface area contributed by atoms with Gasteiger partial charge in [-0.15, -0.1) is 0 Å². The second-order valence-electron chi connectivity index (χ2n) is 5.35. The van der Waals surface area contributed by atoms with Crippen LogP contribution in [0.2, 0.25) is 0 Å². The monoisotopic (exact) mass is 272 g/mol. The summed E-state index contributed by atoms with van der Waals surface area (Å²) in [5.41, 5.74) is 5.91. The van der Waals surface area contributed by atoms with Gasteiger partial charge in [0.25, 0.3) is 0 Å². The summed E-state index contributed by atoms with van der Waals surface area (Å²) >= 11 is 0. The molecule has 0 saturated carbocycles. The largest absolute Gasteiger partial charge is 0.330 e. The molecule has 0 spiro atoms. The van der Waals surface area contributed by atoms with Gasteiger partial charge in [0.05, 0.1) is 0 Å². The predicted molar refractivity (Wildman–Crippen MR) is 67.9 cm³/mol. The summed E-state index contributed by atoms with van der Waals surface area (Å²) in [5, 5.41) is 0. The van der Waals surface area contributed by atoms with E-state index < -0.39 is 17.5 Å². The van der Waals surface area contributed by atoms with Gasteiger partial charge in [0.2, 0.25) is 0 Å². The first kappa shape index (κ1) is 14.3. The molecule has 1 aliphatic heterocycles. The Labute approximate surface area is 111 Å². The fourth-order valence-corrected chi connectivity index (χ4v) is 2.60. The lowest BCUT2D eigenvalue weighted by atomic mass is 9.87. The molecular weight excluding hydrogens is 253 g/mol. The second kappa shape index (κ2) is 5.92. The first-order valence-electron chi connectivity index (χ1n) is 6.57. The maximum absolute atomic E-state index is 13.6. The molecule has 5 heteroatoms. The van der Waals surface area contributed by atoms with Crippen LogP contribution in [0, 0.1) is 29.3 Å². The zero-order valence-electron chi connectivity index (χ0n) is 11.0. The minimum Gasteiger partial charge on any atom is -0.330 e. The summed E-state index contributed by atoms with van der Waals surface area (Å²) in [4.78, 5) is 2.05. The molecular formula is C14H19F3N2. The van der Waals surface area contributed by atoms with Crippen LogP contribution in [0.4, 0.5) is 13.2 Å². The van der Waals surface area contributed by atoms with Crippen molar-refractivity contribution >= 4 is 0 Å². The number of benzene rings is 1. The van der Waals surface area contributed by atoms with Gasteiger partial charge in [-0.3, -0.25) is 4.90 Å². The van der Waals surface area contributed by atoms with Crippen molar-refractivity contribution < 1.29 is 13.2 Å². The average Bonchev–Trinajstić information content (AvgIpc) is 2.38. The Morgan fingerprint density at radius 1 is 1.21 bits per heavy atom. The zero-order valence-corrected chi connectivity index (χ0v) is 11.0. The van der Waals surface area contributed by atoms with Crippen LogP contribution >= 0.6 is 0 Å². The maximum Gasteiger partial charge on any atom is 0.161 e. The van der Waals surface area contributed by atoms with E-state index in [9.17, 15) is 13.2 Å². The first-order chi connectivity index (χ1) is 9.01. The molecule has 0 amide bonds. The van der Waals surface area contributed by atoms with Crippen molar-refractivity contribution in [2.75, 3.05) is 19.6 Å². The molecule has 2 nitrogen and oxygen atoms in total. The fourth-order valence-electron chi connectivity index (χ4n) is 2.60. The molecule has 1 aromatic rings. The first-order valence-corrected chi connectivity index (χ1v) is 6.57. The van der Waals surface area contributed by atoms with Crippen molar-refractivity contribution in [3.8, 4) is 0 Å². The van der Waals surface area contributed by atoms with Crippen molar-refractivity contribution in [1.82, 2.24) is 4.90 Å². The third-order valence-electron chi connectivity index (χ3n) is 3.98. The van der Waals surface area contributed by atoms with Crippen LogP contribution in [0.1, 0.15) is 18.9 Å². The number of halogens is 3. The van der Waals surface area contributed by atoms with Gasteiger partial charge in [-0.05, 0) is 37.4 Å². The molecule has 1 heterocycles. The smallest absolute Gasteiger partial charge is 0.161 e. The number of piperidine rings is 1. The number of likely N-dealkylation sites (tertiary alicyclic amines) is 1. The molecule has 1 fully saturated rings. The van der Waals surface area contributed by atoms with Gasteiger partial charge in [-0.1, -0.05) is 6.92 Å². The number of nitrogens with zero attached hydrogens (tertiary/aromatic N) is 1. The molecule has 1 aliphatic rings. The number of nitrogens with two attached hydrogens (primary N) is 1. The van der Waals surface area contributed by atoms with Crippen molar-refractivity contribution in [2.24, 2.45) is 17.6 Å². The molecule has 2 rings (SSSR count). The molecule has 1 aromatic carbocycles. The van der Waals surface area contributed by atoms with Crippen LogP contribution in [0.25, 0.3) is 0 Å². The highest BCUT2D eigenvalue weighted by molar-refractivity contribution is 5.20. The SMILES string of the molecule is CC1CCN(Cc2cc(F)c(F)cc2F)CC1CN. The summed E-state index contributed by atoms with van der Waals surface area (Å²) in [5.74, 6) is -1.91. The topological polar surface area (TPSA) is 29.3 Å². The van der Waals surface area contributed by atoms with Crippen LogP contribution in [0.15, 0.2) is 12.1 Å². The highest BCUT2D eigenvalue weighted by atomic mass is 19.2. The lowest BCUT2D eigenvalue weighted by Gasteiger charge is -2.36. The summed E-state index contributed by atoms with van der Waals surface area (Å²) in [6.45, 7) is 4.66. The maximum atomic E-state index is 13.6. The zero-order chi connectivity index (χ0) is 14.0. The van der Waals surface area contributed by atoms with E-state index in [-0.39, 0.29) is 5.56 Å². The van der Waals surface area contributed by atoms with E-state index in [1.807, 2.05) is 4.90 Å². The van der Waals surface area contributed by atoms with Gasteiger partial charge in [-0.25, -0.2) is 13.2 Å². The van der Waals surface area contributed by atoms with Crippen molar-refractivity contribution in [2.45, 2.75) is 19.9 Å². The van der Waals surface area contributed by atoms with E-state index in [1.165, 1.54) is 0 Å². The third kappa shape index (κ3) is 3.28. The van der Waals surface area contributed by atoms with E-state index in [4.69, 9.17) is 5.73 Å². The fraction of sp³-hybridized carbons (Fsp3) is 0.571. The Hall–Kier alpha value is -1.07. The predicted octanol–water partition coefficient (Wildman–Crippen LogP) is 2.52. The average molecular weight is 272 g/mol. The molecule has 1 saturated heterocycles. The number of hydrogen-bond acceptors (Lipinski definition) is 2. The van der Waals surface area contributed by atoms with Gasteiger partial charge in [0, 0.05) is 24.7 Å². The molecule has 0 aliphatic carbocycles. The molecule has 0 radical (unpaired) electrons. The van der Waals surface area contributed by atoms with Gasteiger partial charge in [-0.2, -0.15) is 0 Å². The highest BCUT2D eigenvalue weighted by Gasteiger charge is 2.25. The van der Waals surface area contributed by atoms with Gasteiger partial charge >= 0.3 is 0 Å². The lowest BCUT2D eigenvalue weighted by Crippen LogP contribution is -2.42. The molecule has 2 N–H and O–H groups in total. The third-order valence-corrected chi connectivity index (χ3v) is 3.98. The minimum atomic E-state index is -1.15. The Balaban J connectivity index is 2.07. The minimum absolute atomic E-state index is 0.198. The van der Waals surface area contributed by atoms with Gasteiger partial charge in [0.1, 0.15) is 5.82 Å². The van der Waals surface area contributed by atoms with E-state index >= 15 is 0 Å². The van der Waals surface area contributed by atoms with Crippen LogP contribution in [-0.2, 0) is 6.54 Å². The lowest BCUT2D eigenvalue weighted by molar-refractivity contribution is 0.125. The Morgan fingerprint density at radius 2 is 1.89 bits per heavy atom. The second-order valence-corrected chi connectivity index (χ2v) is 5.35. The van der Waals surface area contributed by atoms with E-state index in [2.05, 4.69) is 6.92 Å². The summed E-state index contributed by atoms with van der Waals surface area (Å²) < 4.78 is 39.6. The Kier molecular flexibility index (Phi) is 4.47. The van der Waals surface area contributed by atoms with Crippen molar-refractivity contribution in [3.05, 3.63) is 35.1 Å². The summed E-state index contributed by atoms with van der Waals surface area (Å²) in [6, 6.07) is 1.55. The van der Waals surface area contributed by atoms with Crippen molar-refractivity contribution in [1.29, 1.82) is 0 Å². The highest BCUT2D eigenvalue weighted by Crippen LogP contribution is 2.24. The number of hydrogen-bond donors (Lipinski definition) is 1. The molecule has 2 unspecified atom stereocenters. The molecule has 0 bridgehead atoms. The number of rotatable bonds is 3. The normalized spacial score (nSPS) is 24.7. The van der Waals surface area contributed by atoms with E-state index in [1.54, 1.807) is 0 Å². The van der Waals surface area contributed by atoms with Crippen LogP contribution in [-0.4, -0.2) is 24.5 Å². The van der Waals surface area contributed by atoms with Crippen molar-refractivity contribution in [3.63, 3.8) is 0 Å². The van der Waals surface area contributed by atoms with Crippen LogP contribution < -0.4 is 5.73 Å². The Morgan fingerprint density at radius 3 is 2.58 bits per heavy atom. The summed E-state index contributed by atoms with van der Waals surface area (Å²) in [7, 11) is 0. The van der Waals surface area contributed by atoms with Gasteiger partial charge in [0.15, 0.2) is 11.6 Å². The summed E-state index contributed by atoms with van der Waals surface area (Å²) in [6.07, 6.45) is 0.993. The van der Waals surface area contributed by atoms with E-state index in [0.29, 0.717) is 31.0 Å². The quantitative estimate of drug-likeness (QED) is 0.857. The molecule has 2 atom stereocenters. The Bertz CT molecular complexity index is 451. The van der Waals surface area contributed by atoms with Crippen LogP contribution in [0.3, 0.4) is 0 Å².